The number of ether oxygens (including phenoxy) is 1. The van der Waals surface area contributed by atoms with E-state index in [0.29, 0.717) is 0 Å². The molecule has 0 bridgehead atoms. The van der Waals surface area contributed by atoms with E-state index >= 15 is 0 Å². The van der Waals surface area contributed by atoms with Crippen LogP contribution in [0.1, 0.15) is 26.7 Å². The number of rotatable bonds is 4. The van der Waals surface area contributed by atoms with Crippen molar-refractivity contribution in [3.8, 4) is 24.5 Å². The summed E-state index contributed by atoms with van der Waals surface area (Å²) in [7, 11) is 0. The molecule has 20 heavy (non-hydrogen) atoms. The van der Waals surface area contributed by atoms with Gasteiger partial charge in [-0.1, -0.05) is 5.92 Å². The molecule has 4 nitrogen and oxygen atoms in total. The number of alkyl halides is 3. The first-order valence-corrected chi connectivity index (χ1v) is 5.62. The lowest BCUT2D eigenvalue weighted by atomic mass is 9.62. The Morgan fingerprint density at radius 3 is 1.95 bits per heavy atom. The topological polar surface area (TPSA) is 77.2 Å². The highest BCUT2D eigenvalue weighted by Crippen LogP contribution is 2.58. The fourth-order valence-corrected chi connectivity index (χ4v) is 2.19. The Morgan fingerprint density at radius 2 is 1.70 bits per heavy atom. The predicted octanol–water partition coefficient (Wildman–Crippen LogP) is 2.32. The minimum absolute atomic E-state index is 0.875. The average Bonchev–Trinajstić information content (AvgIpc) is 3.04. The monoisotopic (exact) mass is 284 g/mol. The lowest BCUT2D eigenvalue weighted by Crippen LogP contribution is -2.48. The molecule has 1 saturated heterocycles. The third-order valence-electron chi connectivity index (χ3n) is 3.50. The molecular weight excluding hydrogens is 273 g/mol. The second-order valence-electron chi connectivity index (χ2n) is 5.08. The van der Waals surface area contributed by atoms with Crippen molar-refractivity contribution in [2.75, 3.05) is 0 Å². The zero-order valence-electron chi connectivity index (χ0n) is 10.8. The van der Waals surface area contributed by atoms with Gasteiger partial charge < -0.3 is 4.74 Å². The van der Waals surface area contributed by atoms with E-state index in [-0.39, 0.29) is 0 Å². The molecule has 0 aromatic heterocycles. The van der Waals surface area contributed by atoms with Gasteiger partial charge >= 0.3 is 12.1 Å². The molecule has 0 aliphatic carbocycles. The maximum absolute atomic E-state index is 12.4. The Labute approximate surface area is 114 Å². The minimum Gasteiger partial charge on any atom is -0.439 e. The summed E-state index contributed by atoms with van der Waals surface area (Å²) in [5.74, 6) is 1.29. The third kappa shape index (κ3) is 2.08. The number of hydrogen-bond acceptors (Lipinski definition) is 4. The van der Waals surface area contributed by atoms with Crippen molar-refractivity contribution in [1.82, 2.24) is 0 Å². The Balaban J connectivity index is 3.29. The van der Waals surface area contributed by atoms with Gasteiger partial charge in [0.05, 0.1) is 17.6 Å². The van der Waals surface area contributed by atoms with Gasteiger partial charge in [0.1, 0.15) is 0 Å². The summed E-state index contributed by atoms with van der Waals surface area (Å²) in [5, 5.41) is 18.4. The molecule has 1 aliphatic rings. The van der Waals surface area contributed by atoms with E-state index in [1.807, 2.05) is 0 Å². The van der Waals surface area contributed by atoms with Gasteiger partial charge in [0.2, 0.25) is 0 Å². The third-order valence-corrected chi connectivity index (χ3v) is 3.50. The van der Waals surface area contributed by atoms with E-state index in [2.05, 4.69) is 5.92 Å². The summed E-state index contributed by atoms with van der Waals surface area (Å²) in [6.07, 6.45) is -1.55. The van der Waals surface area contributed by atoms with Crippen molar-refractivity contribution in [3.63, 3.8) is 0 Å². The average molecular weight is 284 g/mol. The van der Waals surface area contributed by atoms with Crippen LogP contribution in [0.2, 0.25) is 0 Å². The number of halogens is 3. The fourth-order valence-electron chi connectivity index (χ4n) is 2.19. The van der Waals surface area contributed by atoms with E-state index < -0.39 is 41.4 Å². The summed E-state index contributed by atoms with van der Waals surface area (Å²) >= 11 is 0. The van der Waals surface area contributed by atoms with Crippen LogP contribution in [0, 0.1) is 45.8 Å². The predicted molar refractivity (Wildman–Crippen MR) is 60.4 cm³/mol. The van der Waals surface area contributed by atoms with Gasteiger partial charge in [-0.15, -0.1) is 6.42 Å². The SMILES string of the molecule is C#CC(C)(C)C1(C(C#N)(C#N)CCC(F)(F)F)OC1=O. The number of nitriles is 2. The second kappa shape index (κ2) is 4.42. The molecule has 0 amide bonds. The maximum Gasteiger partial charge on any atom is 0.389 e. The van der Waals surface area contributed by atoms with Gasteiger partial charge in [0.15, 0.2) is 5.41 Å². The first-order chi connectivity index (χ1) is 9.02. The van der Waals surface area contributed by atoms with Gasteiger partial charge in [0.25, 0.3) is 5.60 Å². The van der Waals surface area contributed by atoms with Gasteiger partial charge in [-0.05, 0) is 20.3 Å². The van der Waals surface area contributed by atoms with Crippen LogP contribution in [-0.4, -0.2) is 17.7 Å². The molecule has 0 spiro atoms. The van der Waals surface area contributed by atoms with Crippen LogP contribution < -0.4 is 0 Å². The summed E-state index contributed by atoms with van der Waals surface area (Å²) in [6, 6.07) is 3.02. The highest BCUT2D eigenvalue weighted by molar-refractivity contribution is 5.97. The van der Waals surface area contributed by atoms with Crippen LogP contribution in [0.5, 0.6) is 0 Å². The van der Waals surface area contributed by atoms with Crippen LogP contribution in [0.25, 0.3) is 0 Å². The Kier molecular flexibility index (Phi) is 3.51. The highest BCUT2D eigenvalue weighted by atomic mass is 19.4. The van der Waals surface area contributed by atoms with Crippen LogP contribution in [-0.2, 0) is 9.53 Å². The molecule has 0 N–H and O–H groups in total. The Hall–Kier alpha value is -2.20. The zero-order chi connectivity index (χ0) is 15.8. The number of hydrogen-bond donors (Lipinski definition) is 0. The summed E-state index contributed by atoms with van der Waals surface area (Å²) in [4.78, 5) is 11.6. The van der Waals surface area contributed by atoms with Crippen molar-refractivity contribution >= 4 is 5.97 Å². The molecule has 0 radical (unpaired) electrons. The molecule has 1 aliphatic heterocycles. The molecule has 0 aromatic rings. The first kappa shape index (κ1) is 15.9. The Bertz CT molecular complexity index is 546. The van der Waals surface area contributed by atoms with Crippen molar-refractivity contribution in [2.45, 2.75) is 38.5 Å². The fraction of sp³-hybridized carbons (Fsp3) is 0.615. The molecular formula is C13H11F3N2O2. The first-order valence-electron chi connectivity index (χ1n) is 5.62. The number of carbonyl (C=O) groups excluding carboxylic acids is 1. The molecule has 0 saturated carbocycles. The van der Waals surface area contributed by atoms with Crippen LogP contribution >= 0.6 is 0 Å². The van der Waals surface area contributed by atoms with E-state index in [1.165, 1.54) is 26.0 Å². The van der Waals surface area contributed by atoms with Gasteiger partial charge in [-0.3, -0.25) is 0 Å². The largest absolute Gasteiger partial charge is 0.439 e. The summed E-state index contributed by atoms with van der Waals surface area (Å²) in [6.45, 7) is 2.74. The highest BCUT2D eigenvalue weighted by Gasteiger charge is 2.79. The second-order valence-corrected chi connectivity index (χ2v) is 5.08. The molecule has 7 heteroatoms. The van der Waals surface area contributed by atoms with Gasteiger partial charge in [0, 0.05) is 6.42 Å². The number of terminal acetylenes is 1. The van der Waals surface area contributed by atoms with Crippen molar-refractivity contribution in [3.05, 3.63) is 0 Å². The van der Waals surface area contributed by atoms with Crippen molar-refractivity contribution in [2.24, 2.45) is 10.8 Å². The van der Waals surface area contributed by atoms with Crippen LogP contribution in [0.4, 0.5) is 13.2 Å². The quantitative estimate of drug-likeness (QED) is 0.586. The van der Waals surface area contributed by atoms with E-state index in [0.717, 1.165) is 0 Å². The summed E-state index contributed by atoms with van der Waals surface area (Å²) < 4.78 is 41.9. The molecule has 1 fully saturated rings. The molecule has 0 aromatic carbocycles. The van der Waals surface area contributed by atoms with Gasteiger partial charge in [-0.2, -0.15) is 23.7 Å². The molecule has 1 rings (SSSR count). The molecule has 106 valence electrons. The van der Waals surface area contributed by atoms with E-state index in [4.69, 9.17) is 11.2 Å². The standard InChI is InChI=1S/C13H11F3N2O2/c1-4-10(2,3)13(9(19)20-13)11(7-17,8-18)5-6-12(14,15)16/h1H,5-6H2,2-3H3. The minimum atomic E-state index is -4.56. The number of carbonyl (C=O) groups is 1. The smallest absolute Gasteiger partial charge is 0.389 e. The number of epoxide rings is 1. The van der Waals surface area contributed by atoms with Gasteiger partial charge in [-0.25, -0.2) is 4.79 Å². The molecule has 1 atom stereocenters. The van der Waals surface area contributed by atoms with Crippen molar-refractivity contribution < 1.29 is 22.7 Å². The lowest BCUT2D eigenvalue weighted by Gasteiger charge is -2.32. The van der Waals surface area contributed by atoms with Crippen molar-refractivity contribution in [1.29, 1.82) is 10.5 Å². The van der Waals surface area contributed by atoms with E-state index in [1.54, 1.807) is 0 Å². The lowest BCUT2D eigenvalue weighted by molar-refractivity contribution is -0.140. The Morgan fingerprint density at radius 1 is 1.25 bits per heavy atom. The normalized spacial score (nSPS) is 22.2. The molecule has 1 heterocycles. The number of nitrogens with zero attached hydrogens (tertiary/aromatic N) is 2. The van der Waals surface area contributed by atoms with Crippen LogP contribution in [0.3, 0.4) is 0 Å². The number of cyclic esters (lactones) is 1. The summed E-state index contributed by atoms with van der Waals surface area (Å²) in [5.41, 5.74) is -5.65. The molecule has 1 unspecified atom stereocenters. The van der Waals surface area contributed by atoms with Crippen LogP contribution in [0.15, 0.2) is 0 Å². The zero-order valence-corrected chi connectivity index (χ0v) is 10.8. The maximum atomic E-state index is 12.4. The van der Waals surface area contributed by atoms with E-state index in [9.17, 15) is 28.5 Å².